The fraction of sp³-hybridized carbons (Fsp3) is 0.357. The second-order valence-electron chi connectivity index (χ2n) is 8.07. The van der Waals surface area contributed by atoms with E-state index in [9.17, 15) is 0 Å². The summed E-state index contributed by atoms with van der Waals surface area (Å²) in [6, 6.07) is 30.9. The summed E-state index contributed by atoms with van der Waals surface area (Å²) in [4.78, 5) is 0. The smallest absolute Gasteiger partial charge is 0.0594 e. The van der Waals surface area contributed by atoms with Crippen LogP contribution in [0.1, 0.15) is 74.1 Å². The van der Waals surface area contributed by atoms with E-state index in [0.717, 1.165) is 6.42 Å². The van der Waals surface area contributed by atoms with Gasteiger partial charge in [-0.05, 0) is 35.1 Å². The van der Waals surface area contributed by atoms with E-state index in [2.05, 4.69) is 101 Å². The van der Waals surface area contributed by atoms with Crippen LogP contribution in [0.2, 0.25) is 0 Å². The van der Waals surface area contributed by atoms with Crippen LogP contribution in [0.4, 0.5) is 0 Å². The fourth-order valence-electron chi connectivity index (χ4n) is 4.28. The molecule has 0 amide bonds. The molecule has 0 bridgehead atoms. The SMILES string of the molecule is CCCCCCCCCc1ccccc1C(P)(c1ccccc1)c1ccccc1. The maximum absolute atomic E-state index is 3.20. The lowest BCUT2D eigenvalue weighted by Gasteiger charge is -2.33. The molecule has 0 aliphatic heterocycles. The summed E-state index contributed by atoms with van der Waals surface area (Å²) in [5, 5.41) is -0.222. The van der Waals surface area contributed by atoms with Crippen LogP contribution >= 0.6 is 9.24 Å². The lowest BCUT2D eigenvalue weighted by Crippen LogP contribution is -2.23. The van der Waals surface area contributed by atoms with Crippen molar-refractivity contribution in [1.82, 2.24) is 0 Å². The fourth-order valence-corrected chi connectivity index (χ4v) is 4.94. The molecule has 1 atom stereocenters. The minimum atomic E-state index is -0.222. The Balaban J connectivity index is 1.84. The number of hydrogen-bond donors (Lipinski definition) is 0. The zero-order chi connectivity index (χ0) is 20.4. The van der Waals surface area contributed by atoms with Gasteiger partial charge in [0.15, 0.2) is 0 Å². The zero-order valence-corrected chi connectivity index (χ0v) is 19.0. The van der Waals surface area contributed by atoms with E-state index in [0.29, 0.717) is 0 Å². The van der Waals surface area contributed by atoms with Gasteiger partial charge in [-0.25, -0.2) is 0 Å². The van der Waals surface area contributed by atoms with E-state index in [1.54, 1.807) is 0 Å². The molecule has 152 valence electrons. The first-order valence-electron chi connectivity index (χ1n) is 11.2. The Labute approximate surface area is 180 Å². The molecule has 29 heavy (non-hydrogen) atoms. The second kappa shape index (κ2) is 11.3. The molecule has 0 aliphatic carbocycles. The van der Waals surface area contributed by atoms with E-state index in [1.165, 1.54) is 67.2 Å². The molecule has 0 fully saturated rings. The predicted molar refractivity (Wildman–Crippen MR) is 131 cm³/mol. The molecule has 0 heterocycles. The quantitative estimate of drug-likeness (QED) is 0.172. The van der Waals surface area contributed by atoms with Crippen LogP contribution in [0.25, 0.3) is 0 Å². The van der Waals surface area contributed by atoms with Crippen molar-refractivity contribution in [3.8, 4) is 0 Å². The average molecular weight is 403 g/mol. The normalized spacial score (nSPS) is 11.5. The van der Waals surface area contributed by atoms with Gasteiger partial charge in [0.1, 0.15) is 0 Å². The maximum atomic E-state index is 3.20. The van der Waals surface area contributed by atoms with Crippen LogP contribution in [0.15, 0.2) is 84.9 Å². The summed E-state index contributed by atoms with van der Waals surface area (Å²) in [5.41, 5.74) is 5.53. The van der Waals surface area contributed by atoms with Gasteiger partial charge in [-0.1, -0.05) is 130 Å². The second-order valence-corrected chi connectivity index (χ2v) is 8.93. The third-order valence-corrected chi connectivity index (χ3v) is 6.93. The highest BCUT2D eigenvalue weighted by Crippen LogP contribution is 2.46. The Bertz CT molecular complexity index is 799. The molecular formula is C28H35P. The van der Waals surface area contributed by atoms with Gasteiger partial charge in [0.25, 0.3) is 0 Å². The third kappa shape index (κ3) is 5.58. The van der Waals surface area contributed by atoms with Gasteiger partial charge in [0.05, 0.1) is 5.16 Å². The molecule has 0 N–H and O–H groups in total. The highest BCUT2D eigenvalue weighted by atomic mass is 31.0. The van der Waals surface area contributed by atoms with Gasteiger partial charge in [-0.3, -0.25) is 0 Å². The number of rotatable bonds is 11. The first-order chi connectivity index (χ1) is 14.3. The molecule has 0 aromatic heterocycles. The predicted octanol–water partition coefficient (Wildman–Crippen LogP) is 8.15. The van der Waals surface area contributed by atoms with Gasteiger partial charge >= 0.3 is 0 Å². The van der Waals surface area contributed by atoms with Crippen LogP contribution in [0.5, 0.6) is 0 Å². The van der Waals surface area contributed by atoms with Gasteiger partial charge in [0, 0.05) is 0 Å². The summed E-state index contributed by atoms with van der Waals surface area (Å²) in [5.74, 6) is 0. The van der Waals surface area contributed by atoms with Crippen molar-refractivity contribution >= 4 is 9.24 Å². The summed E-state index contributed by atoms with van der Waals surface area (Å²) >= 11 is 0. The summed E-state index contributed by atoms with van der Waals surface area (Å²) < 4.78 is 0. The molecule has 3 aromatic rings. The van der Waals surface area contributed by atoms with Crippen LogP contribution in [-0.4, -0.2) is 0 Å². The number of aryl methyl sites for hydroxylation is 1. The Hall–Kier alpha value is -1.91. The van der Waals surface area contributed by atoms with Crippen LogP contribution in [-0.2, 0) is 11.6 Å². The van der Waals surface area contributed by atoms with E-state index in [4.69, 9.17) is 0 Å². The molecule has 0 radical (unpaired) electrons. The van der Waals surface area contributed by atoms with E-state index in [-0.39, 0.29) is 5.16 Å². The van der Waals surface area contributed by atoms with Gasteiger partial charge in [-0.15, -0.1) is 9.24 Å². The van der Waals surface area contributed by atoms with Crippen molar-refractivity contribution < 1.29 is 0 Å². The van der Waals surface area contributed by atoms with Crippen LogP contribution < -0.4 is 0 Å². The van der Waals surface area contributed by atoms with Gasteiger partial charge < -0.3 is 0 Å². The lowest BCUT2D eigenvalue weighted by molar-refractivity contribution is 0.588. The van der Waals surface area contributed by atoms with Crippen molar-refractivity contribution in [2.45, 2.75) is 63.4 Å². The minimum absolute atomic E-state index is 0.222. The third-order valence-electron chi connectivity index (χ3n) is 5.95. The Kier molecular flexibility index (Phi) is 8.51. The molecular weight excluding hydrogens is 367 g/mol. The van der Waals surface area contributed by atoms with E-state index < -0.39 is 0 Å². The summed E-state index contributed by atoms with van der Waals surface area (Å²) in [6.07, 6.45) is 10.6. The van der Waals surface area contributed by atoms with Crippen LogP contribution in [0, 0.1) is 0 Å². The monoisotopic (exact) mass is 402 g/mol. The average Bonchev–Trinajstić information content (AvgIpc) is 2.79. The first-order valence-corrected chi connectivity index (χ1v) is 11.8. The Morgan fingerprint density at radius 2 is 1.07 bits per heavy atom. The number of benzene rings is 3. The van der Waals surface area contributed by atoms with Crippen molar-refractivity contribution in [2.75, 3.05) is 0 Å². The molecule has 0 aliphatic rings. The highest BCUT2D eigenvalue weighted by Gasteiger charge is 2.32. The van der Waals surface area contributed by atoms with Gasteiger partial charge in [-0.2, -0.15) is 0 Å². The topological polar surface area (TPSA) is 0 Å². The molecule has 3 aromatic carbocycles. The molecule has 0 saturated heterocycles. The molecule has 3 rings (SSSR count). The van der Waals surface area contributed by atoms with Crippen molar-refractivity contribution in [1.29, 1.82) is 0 Å². The first kappa shape index (κ1) is 21.8. The number of hydrogen-bond acceptors (Lipinski definition) is 0. The highest BCUT2D eigenvalue weighted by molar-refractivity contribution is 7.19. The standard InChI is InChI=1S/C28H35P/c1-2-3-4-5-6-7-10-17-24-18-15-16-23-27(24)28(29,25-19-11-8-12-20-25)26-21-13-9-14-22-26/h8-9,11-16,18-23H,2-7,10,17,29H2,1H3. The summed E-state index contributed by atoms with van der Waals surface area (Å²) in [7, 11) is 3.20. The van der Waals surface area contributed by atoms with Gasteiger partial charge in [0.2, 0.25) is 0 Å². The minimum Gasteiger partial charge on any atom is -0.117 e. The lowest BCUT2D eigenvalue weighted by atomic mass is 9.81. The Morgan fingerprint density at radius 1 is 0.586 bits per heavy atom. The molecule has 1 heteroatoms. The molecule has 0 spiro atoms. The van der Waals surface area contributed by atoms with E-state index >= 15 is 0 Å². The largest absolute Gasteiger partial charge is 0.117 e. The Morgan fingerprint density at radius 3 is 1.66 bits per heavy atom. The zero-order valence-electron chi connectivity index (χ0n) is 17.8. The maximum Gasteiger partial charge on any atom is 0.0594 e. The molecule has 1 unspecified atom stereocenters. The molecule has 0 nitrogen and oxygen atoms in total. The van der Waals surface area contributed by atoms with Crippen molar-refractivity contribution in [3.63, 3.8) is 0 Å². The van der Waals surface area contributed by atoms with E-state index in [1.807, 2.05) is 0 Å². The number of unbranched alkanes of at least 4 members (excludes halogenated alkanes) is 6. The van der Waals surface area contributed by atoms with Crippen molar-refractivity contribution in [2.24, 2.45) is 0 Å². The van der Waals surface area contributed by atoms with Crippen LogP contribution in [0.3, 0.4) is 0 Å². The summed E-state index contributed by atoms with van der Waals surface area (Å²) in [6.45, 7) is 2.28. The van der Waals surface area contributed by atoms with Crippen molar-refractivity contribution in [3.05, 3.63) is 107 Å². The molecule has 0 saturated carbocycles.